The van der Waals surface area contributed by atoms with Gasteiger partial charge in [-0.3, -0.25) is 0 Å². The molecule has 0 N–H and O–H groups in total. The summed E-state index contributed by atoms with van der Waals surface area (Å²) in [5, 5.41) is 0. The van der Waals surface area contributed by atoms with Crippen molar-refractivity contribution in [2.24, 2.45) is 0 Å². The van der Waals surface area contributed by atoms with Gasteiger partial charge in [0.1, 0.15) is 11.4 Å². The molecule has 1 atom stereocenters. The van der Waals surface area contributed by atoms with E-state index in [1.54, 1.807) is 30.3 Å². The number of aromatic nitrogens is 1. The van der Waals surface area contributed by atoms with Gasteiger partial charge in [0.2, 0.25) is 0 Å². The quantitative estimate of drug-likeness (QED) is 0.367. The average molecular weight is 437 g/mol. The largest absolute Gasteiger partial charge is 0.433 e. The molecule has 0 amide bonds. The molecule has 0 aliphatic carbocycles. The minimum atomic E-state index is -4.96. The third-order valence-electron chi connectivity index (χ3n) is 5.19. The van der Waals surface area contributed by atoms with Gasteiger partial charge >= 0.3 is 6.18 Å². The van der Waals surface area contributed by atoms with E-state index >= 15 is 4.39 Å². The standard InChI is InChI=1S/C24H21F6N/c1-13(2)15-9-11-17(12-10-15)20(25)19-18(16-7-5-4-6-8-16)14(3)22(24(28,29)30)31-21(19)23(26)27/h4-13,20,23H,1-3H3. The Kier molecular flexibility index (Phi) is 6.43. The van der Waals surface area contributed by atoms with Crippen molar-refractivity contribution in [3.8, 4) is 11.1 Å². The lowest BCUT2D eigenvalue weighted by atomic mass is 9.88. The third-order valence-corrected chi connectivity index (χ3v) is 5.19. The molecule has 0 aliphatic heterocycles. The number of nitrogens with zero attached hydrogens (tertiary/aromatic N) is 1. The van der Waals surface area contributed by atoms with Gasteiger partial charge in [-0.05, 0) is 40.7 Å². The van der Waals surface area contributed by atoms with Gasteiger partial charge in [0, 0.05) is 5.56 Å². The van der Waals surface area contributed by atoms with Crippen LogP contribution in [0.25, 0.3) is 11.1 Å². The molecule has 1 aromatic heterocycles. The summed E-state index contributed by atoms with van der Waals surface area (Å²) < 4.78 is 84.2. The summed E-state index contributed by atoms with van der Waals surface area (Å²) >= 11 is 0. The van der Waals surface area contributed by atoms with Crippen LogP contribution in [0.5, 0.6) is 0 Å². The minimum absolute atomic E-state index is 0.0736. The number of pyridine rings is 1. The van der Waals surface area contributed by atoms with Crippen molar-refractivity contribution in [2.45, 2.75) is 45.5 Å². The Bertz CT molecular complexity index is 1040. The van der Waals surface area contributed by atoms with Gasteiger partial charge < -0.3 is 0 Å². The maximum atomic E-state index is 15.7. The second-order valence-corrected chi connectivity index (χ2v) is 7.61. The Hall–Kier alpha value is -2.83. The van der Waals surface area contributed by atoms with Crippen LogP contribution in [0, 0.1) is 6.92 Å². The molecule has 0 saturated heterocycles. The average Bonchev–Trinajstić information content (AvgIpc) is 2.72. The summed E-state index contributed by atoms with van der Waals surface area (Å²) in [4.78, 5) is 3.21. The van der Waals surface area contributed by atoms with Crippen LogP contribution in [0.3, 0.4) is 0 Å². The monoisotopic (exact) mass is 437 g/mol. The summed E-state index contributed by atoms with van der Waals surface area (Å²) in [7, 11) is 0. The second-order valence-electron chi connectivity index (χ2n) is 7.61. The molecule has 0 saturated carbocycles. The maximum Gasteiger partial charge on any atom is 0.433 e. The Labute approximate surface area is 176 Å². The summed E-state index contributed by atoms with van der Waals surface area (Å²) in [6.45, 7) is 5.03. The molecule has 3 rings (SSSR count). The molecule has 0 spiro atoms. The van der Waals surface area contributed by atoms with E-state index in [1.807, 2.05) is 13.8 Å². The highest BCUT2D eigenvalue weighted by molar-refractivity contribution is 5.74. The number of benzene rings is 2. The number of hydrogen-bond acceptors (Lipinski definition) is 1. The maximum absolute atomic E-state index is 15.7. The predicted molar refractivity (Wildman–Crippen MR) is 108 cm³/mol. The van der Waals surface area contributed by atoms with Gasteiger partial charge in [-0.1, -0.05) is 68.4 Å². The van der Waals surface area contributed by atoms with Crippen molar-refractivity contribution in [3.63, 3.8) is 0 Å². The van der Waals surface area contributed by atoms with E-state index in [2.05, 4.69) is 4.98 Å². The number of hydrogen-bond donors (Lipinski definition) is 0. The van der Waals surface area contributed by atoms with Gasteiger partial charge in [0.25, 0.3) is 6.43 Å². The van der Waals surface area contributed by atoms with Crippen molar-refractivity contribution in [1.82, 2.24) is 4.98 Å². The zero-order valence-electron chi connectivity index (χ0n) is 17.1. The molecule has 0 bridgehead atoms. The lowest BCUT2D eigenvalue weighted by molar-refractivity contribution is -0.141. The van der Waals surface area contributed by atoms with Crippen LogP contribution in [-0.2, 0) is 6.18 Å². The van der Waals surface area contributed by atoms with Crippen LogP contribution in [0.2, 0.25) is 0 Å². The zero-order chi connectivity index (χ0) is 22.9. The molecule has 31 heavy (non-hydrogen) atoms. The van der Waals surface area contributed by atoms with Crippen LogP contribution in [0.15, 0.2) is 54.6 Å². The Morgan fingerprint density at radius 1 is 0.806 bits per heavy atom. The smallest absolute Gasteiger partial charge is 0.242 e. The molecule has 1 heterocycles. The summed E-state index contributed by atoms with van der Waals surface area (Å²) in [5.74, 6) is 0.179. The van der Waals surface area contributed by atoms with Crippen LogP contribution >= 0.6 is 0 Å². The van der Waals surface area contributed by atoms with Gasteiger partial charge in [-0.2, -0.15) is 13.2 Å². The highest BCUT2D eigenvalue weighted by atomic mass is 19.4. The second kappa shape index (κ2) is 8.73. The first kappa shape index (κ1) is 22.8. The number of alkyl halides is 6. The first-order chi connectivity index (χ1) is 14.5. The molecule has 0 radical (unpaired) electrons. The highest BCUT2D eigenvalue weighted by Gasteiger charge is 2.39. The van der Waals surface area contributed by atoms with Gasteiger partial charge in [0.15, 0.2) is 6.17 Å². The lowest BCUT2D eigenvalue weighted by Gasteiger charge is -2.23. The van der Waals surface area contributed by atoms with E-state index in [4.69, 9.17) is 0 Å². The lowest BCUT2D eigenvalue weighted by Crippen LogP contribution is -2.17. The van der Waals surface area contributed by atoms with E-state index in [0.717, 1.165) is 12.5 Å². The molecule has 7 heteroatoms. The molecule has 0 aliphatic rings. The van der Waals surface area contributed by atoms with E-state index in [-0.39, 0.29) is 28.2 Å². The number of halogens is 6. The Morgan fingerprint density at radius 2 is 1.35 bits per heavy atom. The van der Waals surface area contributed by atoms with E-state index in [9.17, 15) is 22.0 Å². The van der Waals surface area contributed by atoms with Gasteiger partial charge in [0.05, 0.1) is 0 Å². The first-order valence-corrected chi connectivity index (χ1v) is 9.71. The number of rotatable bonds is 5. The fraction of sp³-hybridized carbons (Fsp3) is 0.292. The van der Waals surface area contributed by atoms with Crippen LogP contribution in [0.1, 0.15) is 66.0 Å². The molecule has 2 aromatic carbocycles. The van der Waals surface area contributed by atoms with E-state index in [0.29, 0.717) is 0 Å². The zero-order valence-corrected chi connectivity index (χ0v) is 17.1. The first-order valence-electron chi connectivity index (χ1n) is 9.71. The van der Waals surface area contributed by atoms with E-state index < -0.39 is 35.7 Å². The van der Waals surface area contributed by atoms with Crippen LogP contribution < -0.4 is 0 Å². The van der Waals surface area contributed by atoms with Gasteiger partial charge in [-0.25, -0.2) is 18.2 Å². The fourth-order valence-corrected chi connectivity index (χ4v) is 3.61. The summed E-state index contributed by atoms with van der Waals surface area (Å²) in [6, 6.07) is 14.0. The molecule has 1 nitrogen and oxygen atoms in total. The van der Waals surface area contributed by atoms with Crippen LogP contribution in [-0.4, -0.2) is 4.98 Å². The third kappa shape index (κ3) is 4.60. The molecule has 0 fully saturated rings. The predicted octanol–water partition coefficient (Wildman–Crippen LogP) is 8.20. The summed E-state index contributed by atoms with van der Waals surface area (Å²) in [5.41, 5.74) is -2.56. The molecule has 3 aromatic rings. The van der Waals surface area contributed by atoms with Crippen molar-refractivity contribution in [3.05, 3.63) is 88.2 Å². The van der Waals surface area contributed by atoms with Crippen molar-refractivity contribution in [1.29, 1.82) is 0 Å². The Balaban J connectivity index is 2.32. The van der Waals surface area contributed by atoms with Gasteiger partial charge in [-0.15, -0.1) is 0 Å². The minimum Gasteiger partial charge on any atom is -0.242 e. The van der Waals surface area contributed by atoms with Crippen molar-refractivity contribution >= 4 is 0 Å². The highest BCUT2D eigenvalue weighted by Crippen LogP contribution is 2.45. The van der Waals surface area contributed by atoms with E-state index in [1.165, 1.54) is 24.3 Å². The normalized spacial score (nSPS) is 13.1. The Morgan fingerprint density at radius 3 is 1.84 bits per heavy atom. The topological polar surface area (TPSA) is 12.9 Å². The molecule has 1 unspecified atom stereocenters. The van der Waals surface area contributed by atoms with Crippen molar-refractivity contribution < 1.29 is 26.3 Å². The van der Waals surface area contributed by atoms with Crippen LogP contribution in [0.4, 0.5) is 26.3 Å². The molecular weight excluding hydrogens is 416 g/mol. The SMILES string of the molecule is Cc1c(C(F)(F)F)nc(C(F)F)c(C(F)c2ccc(C(C)C)cc2)c1-c1ccccc1. The van der Waals surface area contributed by atoms with Crippen molar-refractivity contribution in [2.75, 3.05) is 0 Å². The molecular formula is C24H21F6N. The molecule has 164 valence electrons. The fourth-order valence-electron chi connectivity index (χ4n) is 3.61. The summed E-state index contributed by atoms with van der Waals surface area (Å²) in [6.07, 6.45) is -10.4.